The molecule has 1 N–H and O–H groups in total. The minimum absolute atomic E-state index is 0.0352. The monoisotopic (exact) mass is 458 g/mol. The number of benzene rings is 2. The second kappa shape index (κ2) is 9.92. The van der Waals surface area contributed by atoms with Crippen LogP contribution < -0.4 is 10.1 Å². The summed E-state index contributed by atoms with van der Waals surface area (Å²) in [6, 6.07) is 12.4. The molecule has 1 heterocycles. The van der Waals surface area contributed by atoms with E-state index in [0.29, 0.717) is 22.6 Å². The van der Waals surface area contributed by atoms with Gasteiger partial charge in [0.2, 0.25) is 0 Å². The molecule has 3 rings (SSSR count). The Morgan fingerprint density at radius 1 is 1.00 bits per heavy atom. The number of carbonyl (C=O) groups excluding carboxylic acids is 2. The van der Waals surface area contributed by atoms with Crippen LogP contribution in [-0.4, -0.2) is 35.9 Å². The highest BCUT2D eigenvalue weighted by molar-refractivity contribution is 9.10. The van der Waals surface area contributed by atoms with E-state index < -0.39 is 0 Å². The Morgan fingerprint density at radius 2 is 1.66 bits per heavy atom. The molecule has 0 bridgehead atoms. The van der Waals surface area contributed by atoms with Crippen LogP contribution in [0, 0.1) is 0 Å². The lowest BCUT2D eigenvalue weighted by Gasteiger charge is -2.20. The Kier molecular flexibility index (Phi) is 7.31. The van der Waals surface area contributed by atoms with E-state index in [0.717, 1.165) is 30.4 Å². The Balaban J connectivity index is 1.70. The van der Waals surface area contributed by atoms with E-state index in [1.165, 1.54) is 12.8 Å². The third kappa shape index (κ3) is 5.82. The zero-order valence-electron chi connectivity index (χ0n) is 16.9. The zero-order chi connectivity index (χ0) is 20.8. The van der Waals surface area contributed by atoms with Crippen molar-refractivity contribution in [1.29, 1.82) is 0 Å². The van der Waals surface area contributed by atoms with Crippen LogP contribution in [0.2, 0.25) is 0 Å². The first-order valence-electron chi connectivity index (χ1n) is 10.1. The quantitative estimate of drug-likeness (QED) is 0.642. The lowest BCUT2D eigenvalue weighted by molar-refractivity contribution is 0.0761. The van der Waals surface area contributed by atoms with E-state index in [4.69, 9.17) is 4.74 Å². The van der Waals surface area contributed by atoms with Crippen molar-refractivity contribution in [1.82, 2.24) is 4.90 Å². The molecule has 0 spiro atoms. The average Bonchev–Trinajstić information content (AvgIpc) is 2.98. The van der Waals surface area contributed by atoms with Crippen molar-refractivity contribution in [2.24, 2.45) is 0 Å². The molecule has 0 atom stereocenters. The van der Waals surface area contributed by atoms with Crippen LogP contribution in [0.1, 0.15) is 60.2 Å². The van der Waals surface area contributed by atoms with Crippen LogP contribution in [0.5, 0.6) is 5.75 Å². The molecule has 1 saturated heterocycles. The topological polar surface area (TPSA) is 58.6 Å². The Labute approximate surface area is 180 Å². The SMILES string of the molecule is CC(C)Oc1ccc(Br)cc1C(=O)Nc1ccc(C(=O)N2CCCCCC2)cc1. The number of hydrogen-bond donors (Lipinski definition) is 1. The van der Waals surface area contributed by atoms with Gasteiger partial charge in [-0.05, 0) is 69.2 Å². The first-order chi connectivity index (χ1) is 13.9. The van der Waals surface area contributed by atoms with Crippen molar-refractivity contribution in [2.45, 2.75) is 45.6 Å². The second-order valence-electron chi connectivity index (χ2n) is 7.54. The van der Waals surface area contributed by atoms with E-state index in [1.807, 2.05) is 24.8 Å². The number of halogens is 1. The number of rotatable bonds is 5. The summed E-state index contributed by atoms with van der Waals surface area (Å²) in [4.78, 5) is 27.4. The largest absolute Gasteiger partial charge is 0.490 e. The molecule has 0 aliphatic carbocycles. The van der Waals surface area contributed by atoms with Crippen LogP contribution >= 0.6 is 15.9 Å². The lowest BCUT2D eigenvalue weighted by Crippen LogP contribution is -2.31. The molecule has 0 unspecified atom stereocenters. The highest BCUT2D eigenvalue weighted by Crippen LogP contribution is 2.25. The number of anilines is 1. The van der Waals surface area contributed by atoms with Gasteiger partial charge in [0.25, 0.3) is 11.8 Å². The summed E-state index contributed by atoms with van der Waals surface area (Å²) in [7, 11) is 0. The fraction of sp³-hybridized carbons (Fsp3) is 0.391. The number of hydrogen-bond acceptors (Lipinski definition) is 3. The van der Waals surface area contributed by atoms with Crippen molar-refractivity contribution in [2.75, 3.05) is 18.4 Å². The van der Waals surface area contributed by atoms with E-state index in [-0.39, 0.29) is 17.9 Å². The Morgan fingerprint density at radius 3 is 2.28 bits per heavy atom. The fourth-order valence-electron chi connectivity index (χ4n) is 3.39. The lowest BCUT2D eigenvalue weighted by atomic mass is 10.1. The van der Waals surface area contributed by atoms with Gasteiger partial charge in [-0.25, -0.2) is 0 Å². The molecule has 2 aromatic carbocycles. The van der Waals surface area contributed by atoms with Gasteiger partial charge in [-0.3, -0.25) is 9.59 Å². The van der Waals surface area contributed by atoms with Crippen molar-refractivity contribution in [3.63, 3.8) is 0 Å². The second-order valence-corrected chi connectivity index (χ2v) is 8.46. The van der Waals surface area contributed by atoms with Gasteiger partial charge in [0, 0.05) is 28.8 Å². The molecule has 154 valence electrons. The van der Waals surface area contributed by atoms with E-state index in [1.54, 1.807) is 36.4 Å². The van der Waals surface area contributed by atoms with Crippen molar-refractivity contribution in [3.8, 4) is 5.75 Å². The van der Waals surface area contributed by atoms with Crippen LogP contribution in [0.4, 0.5) is 5.69 Å². The number of nitrogens with one attached hydrogen (secondary N) is 1. The standard InChI is InChI=1S/C23H27BrN2O3/c1-16(2)29-21-12-9-18(24)15-20(21)22(27)25-19-10-7-17(8-11-19)23(28)26-13-5-3-4-6-14-26/h7-12,15-16H,3-6,13-14H2,1-2H3,(H,25,27). The maximum atomic E-state index is 12.8. The maximum absolute atomic E-state index is 12.8. The van der Waals surface area contributed by atoms with Crippen LogP contribution in [0.15, 0.2) is 46.9 Å². The molecule has 2 amide bonds. The number of likely N-dealkylation sites (tertiary alicyclic amines) is 1. The normalized spacial score (nSPS) is 14.4. The van der Waals surface area contributed by atoms with Crippen LogP contribution in [0.25, 0.3) is 0 Å². The summed E-state index contributed by atoms with van der Waals surface area (Å²) < 4.78 is 6.56. The molecule has 6 heteroatoms. The first-order valence-corrected chi connectivity index (χ1v) is 10.9. The minimum Gasteiger partial charge on any atom is -0.490 e. The molecule has 29 heavy (non-hydrogen) atoms. The number of nitrogens with zero attached hydrogens (tertiary/aromatic N) is 1. The molecule has 1 fully saturated rings. The van der Waals surface area contributed by atoms with Crippen molar-refractivity contribution < 1.29 is 14.3 Å². The summed E-state index contributed by atoms with van der Waals surface area (Å²) in [5, 5.41) is 2.89. The molecular formula is C23H27BrN2O3. The highest BCUT2D eigenvalue weighted by Gasteiger charge is 2.18. The smallest absolute Gasteiger partial charge is 0.259 e. The molecule has 1 aliphatic heterocycles. The molecular weight excluding hydrogens is 432 g/mol. The summed E-state index contributed by atoms with van der Waals surface area (Å²) in [5.74, 6) is 0.339. The maximum Gasteiger partial charge on any atom is 0.259 e. The van der Waals surface area contributed by atoms with Gasteiger partial charge in [-0.2, -0.15) is 0 Å². The van der Waals surface area contributed by atoms with E-state index in [9.17, 15) is 9.59 Å². The number of carbonyl (C=O) groups is 2. The highest BCUT2D eigenvalue weighted by atomic mass is 79.9. The Hall–Kier alpha value is -2.34. The minimum atomic E-state index is -0.256. The third-order valence-corrected chi connectivity index (χ3v) is 5.33. The third-order valence-electron chi connectivity index (χ3n) is 4.83. The summed E-state index contributed by atoms with van der Waals surface area (Å²) in [5.41, 5.74) is 1.74. The van der Waals surface area contributed by atoms with E-state index >= 15 is 0 Å². The molecule has 5 nitrogen and oxygen atoms in total. The summed E-state index contributed by atoms with van der Waals surface area (Å²) >= 11 is 3.41. The average molecular weight is 459 g/mol. The van der Waals surface area contributed by atoms with Gasteiger partial charge < -0.3 is 15.0 Å². The van der Waals surface area contributed by atoms with Gasteiger partial charge in [0.15, 0.2) is 0 Å². The first kappa shape index (κ1) is 21.4. The van der Waals surface area contributed by atoms with Gasteiger partial charge in [0.05, 0.1) is 11.7 Å². The summed E-state index contributed by atoms with van der Waals surface area (Å²) in [6.07, 6.45) is 4.47. The summed E-state index contributed by atoms with van der Waals surface area (Å²) in [6.45, 7) is 5.48. The molecule has 0 saturated carbocycles. The number of ether oxygens (including phenoxy) is 1. The predicted molar refractivity (Wildman–Crippen MR) is 119 cm³/mol. The molecule has 1 aliphatic rings. The van der Waals surface area contributed by atoms with Crippen LogP contribution in [0.3, 0.4) is 0 Å². The molecule has 0 aromatic heterocycles. The van der Waals surface area contributed by atoms with Crippen molar-refractivity contribution in [3.05, 3.63) is 58.1 Å². The van der Waals surface area contributed by atoms with Gasteiger partial charge in [0.1, 0.15) is 5.75 Å². The van der Waals surface area contributed by atoms with E-state index in [2.05, 4.69) is 21.2 Å². The predicted octanol–water partition coefficient (Wildman–Crippen LogP) is 5.50. The van der Waals surface area contributed by atoms with Crippen LogP contribution in [-0.2, 0) is 0 Å². The van der Waals surface area contributed by atoms with Gasteiger partial charge >= 0.3 is 0 Å². The zero-order valence-corrected chi connectivity index (χ0v) is 18.5. The van der Waals surface area contributed by atoms with Gasteiger partial charge in [-0.1, -0.05) is 28.8 Å². The number of amides is 2. The van der Waals surface area contributed by atoms with Gasteiger partial charge in [-0.15, -0.1) is 0 Å². The molecule has 0 radical (unpaired) electrons. The fourth-order valence-corrected chi connectivity index (χ4v) is 3.75. The molecule has 2 aromatic rings. The van der Waals surface area contributed by atoms with Crippen molar-refractivity contribution >= 4 is 33.4 Å². The Bertz CT molecular complexity index is 857.